The lowest BCUT2D eigenvalue weighted by atomic mass is 10.1. The lowest BCUT2D eigenvalue weighted by molar-refractivity contribution is -0.384. The molecule has 0 amide bonds. The maximum absolute atomic E-state index is 10.7. The van der Waals surface area contributed by atoms with Gasteiger partial charge in [0.25, 0.3) is 5.69 Å². The van der Waals surface area contributed by atoms with E-state index in [1.165, 1.54) is 18.2 Å². The van der Waals surface area contributed by atoms with E-state index in [9.17, 15) is 10.1 Å². The van der Waals surface area contributed by atoms with Gasteiger partial charge in [0.05, 0.1) is 16.2 Å². The first-order chi connectivity index (χ1) is 10.4. The average molecular weight is 295 g/mol. The van der Waals surface area contributed by atoms with E-state index in [1.807, 2.05) is 19.9 Å². The normalized spacial score (nSPS) is 10.6. The van der Waals surface area contributed by atoms with Gasteiger partial charge in [0.2, 0.25) is 0 Å². The van der Waals surface area contributed by atoms with Crippen LogP contribution in [-0.4, -0.2) is 4.92 Å². The van der Waals surface area contributed by atoms with Crippen molar-refractivity contribution >= 4 is 22.7 Å². The monoisotopic (exact) mass is 295 g/mol. The Bertz CT molecular complexity index is 821. The molecule has 7 nitrogen and oxygen atoms in total. The third-order valence-electron chi connectivity index (χ3n) is 3.16. The SMILES string of the molecule is Cc1cc(/N=N/c2ccc([N+](=O)[O-])cc2C#N)c(C)cc1N. The van der Waals surface area contributed by atoms with Gasteiger partial charge in [-0.25, -0.2) is 0 Å². The second-order valence-corrected chi connectivity index (χ2v) is 4.77. The molecule has 0 saturated carbocycles. The van der Waals surface area contributed by atoms with Crippen LogP contribution in [0.5, 0.6) is 0 Å². The number of aryl methyl sites for hydroxylation is 2. The second-order valence-electron chi connectivity index (χ2n) is 4.77. The number of non-ortho nitro benzene ring substituents is 1. The van der Waals surface area contributed by atoms with Crippen molar-refractivity contribution in [1.29, 1.82) is 5.26 Å². The van der Waals surface area contributed by atoms with Crippen molar-refractivity contribution in [2.45, 2.75) is 13.8 Å². The molecule has 2 rings (SSSR count). The molecule has 2 N–H and O–H groups in total. The highest BCUT2D eigenvalue weighted by atomic mass is 16.6. The number of nitro benzene ring substituents is 1. The molecule has 0 radical (unpaired) electrons. The molecule has 0 aliphatic rings. The molecule has 0 aliphatic carbocycles. The van der Waals surface area contributed by atoms with E-state index < -0.39 is 4.92 Å². The van der Waals surface area contributed by atoms with Crippen LogP contribution in [0.4, 0.5) is 22.7 Å². The number of nitrogens with two attached hydrogens (primary N) is 1. The average Bonchev–Trinajstić information content (AvgIpc) is 2.49. The van der Waals surface area contributed by atoms with Crippen LogP contribution in [0.25, 0.3) is 0 Å². The van der Waals surface area contributed by atoms with Crippen molar-refractivity contribution in [2.24, 2.45) is 10.2 Å². The van der Waals surface area contributed by atoms with Crippen LogP contribution >= 0.6 is 0 Å². The molecule has 0 unspecified atom stereocenters. The van der Waals surface area contributed by atoms with Crippen molar-refractivity contribution < 1.29 is 4.92 Å². The van der Waals surface area contributed by atoms with Gasteiger partial charge in [0, 0.05) is 17.8 Å². The fourth-order valence-corrected chi connectivity index (χ4v) is 1.85. The van der Waals surface area contributed by atoms with Crippen molar-refractivity contribution in [2.75, 3.05) is 5.73 Å². The molecule has 0 aliphatic heterocycles. The topological polar surface area (TPSA) is 118 Å². The van der Waals surface area contributed by atoms with E-state index in [0.717, 1.165) is 11.1 Å². The van der Waals surface area contributed by atoms with Gasteiger partial charge < -0.3 is 5.73 Å². The van der Waals surface area contributed by atoms with E-state index in [4.69, 9.17) is 11.0 Å². The minimum absolute atomic E-state index is 0.0998. The highest BCUT2D eigenvalue weighted by molar-refractivity contribution is 5.60. The van der Waals surface area contributed by atoms with Crippen LogP contribution in [0.3, 0.4) is 0 Å². The van der Waals surface area contributed by atoms with Gasteiger partial charge in [-0.05, 0) is 43.2 Å². The summed E-state index contributed by atoms with van der Waals surface area (Å²) in [6.07, 6.45) is 0. The summed E-state index contributed by atoms with van der Waals surface area (Å²) in [5.74, 6) is 0. The first-order valence-corrected chi connectivity index (χ1v) is 6.39. The quantitative estimate of drug-likeness (QED) is 0.397. The van der Waals surface area contributed by atoms with Crippen LogP contribution in [0, 0.1) is 35.3 Å². The number of hydrogen-bond donors (Lipinski definition) is 1. The summed E-state index contributed by atoms with van der Waals surface area (Å²) in [5.41, 5.74) is 9.07. The Hall–Kier alpha value is -3.27. The summed E-state index contributed by atoms with van der Waals surface area (Å²) >= 11 is 0. The third-order valence-corrected chi connectivity index (χ3v) is 3.16. The molecule has 0 bridgehead atoms. The van der Waals surface area contributed by atoms with Gasteiger partial charge >= 0.3 is 0 Å². The smallest absolute Gasteiger partial charge is 0.270 e. The zero-order valence-corrected chi connectivity index (χ0v) is 12.1. The van der Waals surface area contributed by atoms with Crippen LogP contribution < -0.4 is 5.73 Å². The number of nitriles is 1. The molecular weight excluding hydrogens is 282 g/mol. The van der Waals surface area contributed by atoms with Gasteiger partial charge in [0.15, 0.2) is 0 Å². The Balaban J connectivity index is 2.41. The van der Waals surface area contributed by atoms with E-state index in [1.54, 1.807) is 12.1 Å². The zero-order valence-electron chi connectivity index (χ0n) is 12.1. The molecule has 0 aromatic heterocycles. The maximum atomic E-state index is 10.7. The fraction of sp³-hybridized carbons (Fsp3) is 0.133. The lowest BCUT2D eigenvalue weighted by Crippen LogP contribution is -1.90. The molecule has 2 aromatic carbocycles. The summed E-state index contributed by atoms with van der Waals surface area (Å²) in [5, 5.41) is 27.9. The Morgan fingerprint density at radius 2 is 1.82 bits per heavy atom. The Kier molecular flexibility index (Phi) is 4.13. The number of nitro groups is 1. The van der Waals surface area contributed by atoms with Crippen LogP contribution in [0.1, 0.15) is 16.7 Å². The van der Waals surface area contributed by atoms with Crippen LogP contribution in [0.2, 0.25) is 0 Å². The highest BCUT2D eigenvalue weighted by Gasteiger charge is 2.10. The van der Waals surface area contributed by atoms with Gasteiger partial charge in [-0.2, -0.15) is 10.4 Å². The van der Waals surface area contributed by atoms with Crippen molar-refractivity contribution in [3.8, 4) is 6.07 Å². The number of hydrogen-bond acceptors (Lipinski definition) is 6. The number of anilines is 1. The predicted molar refractivity (Wildman–Crippen MR) is 82.3 cm³/mol. The summed E-state index contributed by atoms with van der Waals surface area (Å²) in [6, 6.07) is 9.34. The summed E-state index contributed by atoms with van der Waals surface area (Å²) in [4.78, 5) is 10.1. The fourth-order valence-electron chi connectivity index (χ4n) is 1.85. The third kappa shape index (κ3) is 3.07. The van der Waals surface area contributed by atoms with Gasteiger partial charge in [-0.1, -0.05) is 0 Å². The second kappa shape index (κ2) is 6.01. The molecule has 7 heteroatoms. The lowest BCUT2D eigenvalue weighted by Gasteiger charge is -2.04. The molecular formula is C15H13N5O2. The van der Waals surface area contributed by atoms with Gasteiger partial charge in [-0.15, -0.1) is 5.11 Å². The Labute approximate surface area is 126 Å². The minimum Gasteiger partial charge on any atom is -0.399 e. The first-order valence-electron chi connectivity index (χ1n) is 6.39. The van der Waals surface area contributed by atoms with Gasteiger partial charge in [0.1, 0.15) is 11.8 Å². The number of azo groups is 1. The summed E-state index contributed by atoms with van der Waals surface area (Å²) in [7, 11) is 0. The minimum atomic E-state index is -0.560. The van der Waals surface area contributed by atoms with Crippen LogP contribution in [-0.2, 0) is 0 Å². The maximum Gasteiger partial charge on any atom is 0.270 e. The van der Waals surface area contributed by atoms with Crippen LogP contribution in [0.15, 0.2) is 40.6 Å². The van der Waals surface area contributed by atoms with Gasteiger partial charge in [-0.3, -0.25) is 10.1 Å². The summed E-state index contributed by atoms with van der Waals surface area (Å²) in [6.45, 7) is 3.71. The summed E-state index contributed by atoms with van der Waals surface area (Å²) < 4.78 is 0. The molecule has 0 spiro atoms. The van der Waals surface area contributed by atoms with E-state index >= 15 is 0 Å². The zero-order chi connectivity index (χ0) is 16.3. The highest BCUT2D eigenvalue weighted by Crippen LogP contribution is 2.29. The molecule has 0 fully saturated rings. The van der Waals surface area contributed by atoms with Crippen molar-refractivity contribution in [3.05, 3.63) is 57.1 Å². The molecule has 0 saturated heterocycles. The first kappa shape index (κ1) is 15.1. The Morgan fingerprint density at radius 3 is 2.45 bits per heavy atom. The standard InChI is InChI=1S/C15H13N5O2/c1-9-6-15(10(2)5-13(9)17)19-18-14-4-3-12(20(21)22)7-11(14)8-16/h3-7H,17H2,1-2H3/b19-18+. The number of rotatable bonds is 3. The molecule has 22 heavy (non-hydrogen) atoms. The molecule has 0 heterocycles. The van der Waals surface area contributed by atoms with E-state index in [-0.39, 0.29) is 16.9 Å². The molecule has 110 valence electrons. The largest absolute Gasteiger partial charge is 0.399 e. The van der Waals surface area contributed by atoms with Crippen molar-refractivity contribution in [3.63, 3.8) is 0 Å². The van der Waals surface area contributed by atoms with E-state index in [2.05, 4.69) is 10.2 Å². The predicted octanol–water partition coefficient (Wildman–Crippen LogP) is 4.08. The Morgan fingerprint density at radius 1 is 1.14 bits per heavy atom. The number of nitrogens with zero attached hydrogens (tertiary/aromatic N) is 4. The number of benzene rings is 2. The van der Waals surface area contributed by atoms with Crippen molar-refractivity contribution in [1.82, 2.24) is 0 Å². The molecule has 0 atom stereocenters. The van der Waals surface area contributed by atoms with E-state index in [0.29, 0.717) is 11.4 Å². The number of nitrogen functional groups attached to an aromatic ring is 1. The molecule has 2 aromatic rings.